The van der Waals surface area contributed by atoms with Gasteiger partial charge in [-0.2, -0.15) is 13.2 Å². The van der Waals surface area contributed by atoms with Gasteiger partial charge in [0.15, 0.2) is 6.29 Å². The van der Waals surface area contributed by atoms with E-state index in [1.807, 2.05) is 91.0 Å². The maximum atomic E-state index is 13.1. The molecule has 2 N–H and O–H groups in total. The van der Waals surface area contributed by atoms with Gasteiger partial charge in [-0.05, 0) is 65.4 Å². The van der Waals surface area contributed by atoms with E-state index >= 15 is 0 Å². The quantitative estimate of drug-likeness (QED) is 0.175. The summed E-state index contributed by atoms with van der Waals surface area (Å²) in [5.41, 5.74) is 6.41. The first kappa shape index (κ1) is 37.2. The van der Waals surface area contributed by atoms with Gasteiger partial charge in [0.25, 0.3) is 0 Å². The monoisotopic (exact) mass is 715 g/mol. The first-order valence-corrected chi connectivity index (χ1v) is 17.6. The Hall–Kier alpha value is -4.55. The van der Waals surface area contributed by atoms with Gasteiger partial charge in [-0.25, -0.2) is 0 Å². The molecule has 6 rings (SSSR count). The molecule has 0 aromatic heterocycles. The molecule has 0 saturated carbocycles. The highest BCUT2D eigenvalue weighted by atomic mass is 19.4. The summed E-state index contributed by atoms with van der Waals surface area (Å²) in [5.74, 6) is -2.57. The van der Waals surface area contributed by atoms with Crippen LogP contribution >= 0.6 is 0 Å². The minimum Gasteiger partial charge on any atom is -0.392 e. The fourth-order valence-electron chi connectivity index (χ4n) is 7.07. The molecule has 8 nitrogen and oxygen atoms in total. The van der Waals surface area contributed by atoms with E-state index in [-0.39, 0.29) is 44.2 Å². The number of aliphatic hydroxyl groups excluding tert-OH is 1. The molecule has 274 valence electrons. The number of benzene rings is 4. The second-order valence-electron chi connectivity index (χ2n) is 13.7. The molecule has 0 spiro atoms. The minimum atomic E-state index is -5.02. The first-order chi connectivity index (χ1) is 25.0. The predicted molar refractivity (Wildman–Crippen MR) is 190 cm³/mol. The van der Waals surface area contributed by atoms with Crippen LogP contribution in [-0.2, 0) is 38.8 Å². The number of hydrogen-bond donors (Lipinski definition) is 2. The number of ether oxygens (including phenoxy) is 2. The minimum absolute atomic E-state index is 0.0208. The molecule has 4 aromatic rings. The molecular weight excluding hydrogens is 671 g/mol. The van der Waals surface area contributed by atoms with Crippen molar-refractivity contribution in [1.82, 2.24) is 15.1 Å². The molecule has 52 heavy (non-hydrogen) atoms. The molecular formula is C41H44F3N3O5. The van der Waals surface area contributed by atoms with Gasteiger partial charge < -0.3 is 24.8 Å². The summed E-state index contributed by atoms with van der Waals surface area (Å²) >= 11 is 0. The van der Waals surface area contributed by atoms with E-state index in [1.54, 1.807) is 0 Å². The Labute approximate surface area is 302 Å². The molecule has 2 heterocycles. The molecule has 2 fully saturated rings. The Morgan fingerprint density at radius 3 is 2.27 bits per heavy atom. The Kier molecular flexibility index (Phi) is 11.7. The number of rotatable bonds is 11. The lowest BCUT2D eigenvalue weighted by atomic mass is 9.90. The van der Waals surface area contributed by atoms with E-state index in [4.69, 9.17) is 9.47 Å². The molecule has 0 unspecified atom stereocenters. The van der Waals surface area contributed by atoms with Gasteiger partial charge in [-0.3, -0.25) is 14.5 Å². The molecule has 5 atom stereocenters. The van der Waals surface area contributed by atoms with Gasteiger partial charge in [0.1, 0.15) is 6.04 Å². The van der Waals surface area contributed by atoms with Crippen molar-refractivity contribution in [2.24, 2.45) is 5.92 Å². The van der Waals surface area contributed by atoms with E-state index in [9.17, 15) is 27.9 Å². The fraction of sp³-hybridized carbons (Fsp3) is 0.366. The molecule has 0 radical (unpaired) electrons. The highest BCUT2D eigenvalue weighted by Crippen LogP contribution is 2.42. The lowest BCUT2D eigenvalue weighted by molar-refractivity contribution is -0.276. The van der Waals surface area contributed by atoms with Gasteiger partial charge in [0.05, 0.1) is 18.8 Å². The predicted octanol–water partition coefficient (Wildman–Crippen LogP) is 6.94. The van der Waals surface area contributed by atoms with Crippen molar-refractivity contribution in [1.29, 1.82) is 0 Å². The maximum Gasteiger partial charge on any atom is 0.471 e. The first-order valence-electron chi connectivity index (χ1n) is 17.6. The average Bonchev–Trinajstić information content (AvgIpc) is 3.65. The Morgan fingerprint density at radius 1 is 0.865 bits per heavy atom. The number of carbonyl (C=O) groups is 2. The summed E-state index contributed by atoms with van der Waals surface area (Å²) < 4.78 is 52.6. The van der Waals surface area contributed by atoms with Crippen molar-refractivity contribution in [3.05, 3.63) is 131 Å². The Bertz CT molecular complexity index is 1820. The SMILES string of the molecule is C[C@@H]1[C@H](CN(C)Cc2ccccc2)O[C@H](c2cccc(-c3cccc(CNC(=O)[C@@H]4CCCN4C(=O)C(F)(F)F)c3)c2)O[C@@H]1c1ccc(CO)cc1. The van der Waals surface area contributed by atoms with E-state index in [0.29, 0.717) is 17.9 Å². The summed E-state index contributed by atoms with van der Waals surface area (Å²) in [7, 11) is 2.08. The van der Waals surface area contributed by atoms with E-state index < -0.39 is 30.3 Å². The lowest BCUT2D eigenvalue weighted by Crippen LogP contribution is -2.50. The summed E-state index contributed by atoms with van der Waals surface area (Å²) in [5, 5.41) is 12.3. The number of hydrogen-bond acceptors (Lipinski definition) is 6. The summed E-state index contributed by atoms with van der Waals surface area (Å²) in [6.45, 7) is 3.54. The number of halogens is 3. The van der Waals surface area contributed by atoms with Crippen LogP contribution in [0.5, 0.6) is 0 Å². The van der Waals surface area contributed by atoms with Crippen molar-refractivity contribution in [3.8, 4) is 11.1 Å². The maximum absolute atomic E-state index is 13.1. The average molecular weight is 716 g/mol. The van der Waals surface area contributed by atoms with Crippen LogP contribution < -0.4 is 5.32 Å². The Balaban J connectivity index is 1.18. The van der Waals surface area contributed by atoms with Gasteiger partial charge in [0, 0.05) is 37.7 Å². The second-order valence-corrected chi connectivity index (χ2v) is 13.7. The van der Waals surface area contributed by atoms with Crippen LogP contribution in [0.1, 0.15) is 60.0 Å². The van der Waals surface area contributed by atoms with Crippen LogP contribution in [0.4, 0.5) is 13.2 Å². The van der Waals surface area contributed by atoms with E-state index in [0.717, 1.165) is 39.9 Å². The Morgan fingerprint density at radius 2 is 1.56 bits per heavy atom. The van der Waals surface area contributed by atoms with Gasteiger partial charge in [0.2, 0.25) is 5.91 Å². The summed E-state index contributed by atoms with van der Waals surface area (Å²) in [6.07, 6.45) is -5.59. The van der Waals surface area contributed by atoms with Crippen LogP contribution in [0.15, 0.2) is 103 Å². The van der Waals surface area contributed by atoms with Crippen molar-refractivity contribution in [2.75, 3.05) is 20.1 Å². The topological polar surface area (TPSA) is 91.3 Å². The number of aliphatic hydroxyl groups is 1. The number of alkyl halides is 3. The van der Waals surface area contributed by atoms with Crippen LogP contribution in [0.3, 0.4) is 0 Å². The zero-order chi connectivity index (χ0) is 36.8. The smallest absolute Gasteiger partial charge is 0.392 e. The lowest BCUT2D eigenvalue weighted by Gasteiger charge is -2.42. The summed E-state index contributed by atoms with van der Waals surface area (Å²) in [4.78, 5) is 27.6. The highest BCUT2D eigenvalue weighted by molar-refractivity contribution is 5.90. The molecule has 11 heteroatoms. The number of likely N-dealkylation sites (tertiary alicyclic amines) is 1. The third-order valence-electron chi connectivity index (χ3n) is 9.85. The van der Waals surface area contributed by atoms with Crippen molar-refractivity contribution in [2.45, 2.75) is 70.2 Å². The number of carbonyl (C=O) groups excluding carboxylic acids is 2. The number of amides is 2. The van der Waals surface area contributed by atoms with Crippen LogP contribution in [0.25, 0.3) is 11.1 Å². The molecule has 0 aliphatic carbocycles. The highest BCUT2D eigenvalue weighted by Gasteiger charge is 2.47. The van der Waals surface area contributed by atoms with Crippen LogP contribution in [-0.4, -0.2) is 65.2 Å². The third kappa shape index (κ3) is 8.90. The number of nitrogens with one attached hydrogen (secondary N) is 1. The zero-order valence-corrected chi connectivity index (χ0v) is 29.3. The zero-order valence-electron chi connectivity index (χ0n) is 29.3. The number of likely N-dealkylation sites (N-methyl/N-ethyl adjacent to an activating group) is 1. The third-order valence-corrected chi connectivity index (χ3v) is 9.85. The van der Waals surface area contributed by atoms with Gasteiger partial charge >= 0.3 is 12.1 Å². The standard InChI is InChI=1S/C41H44F3N3O5/c1-27-36(25-46(2)24-28-9-4-3-5-10-28)51-39(52-37(27)31-18-16-29(26-48)17-19-31)34-14-7-13-33(22-34)32-12-6-11-30(21-32)23-45-38(49)35-15-8-20-47(35)40(50)41(42,43)44/h3-7,9-14,16-19,21-22,27,35-37,39,48H,8,15,20,23-26H2,1-2H3,(H,45,49)/t27-,35+,36+,37+,39+/m1/s1. The van der Waals surface area contributed by atoms with E-state index in [2.05, 4.69) is 36.3 Å². The molecule has 2 amide bonds. The number of nitrogens with zero attached hydrogens (tertiary/aromatic N) is 2. The summed E-state index contributed by atoms with van der Waals surface area (Å²) in [6, 6.07) is 32.4. The largest absolute Gasteiger partial charge is 0.471 e. The normalized spacial score (nSPS) is 22.1. The van der Waals surface area contributed by atoms with Gasteiger partial charge in [-0.15, -0.1) is 0 Å². The molecule has 4 aromatic carbocycles. The van der Waals surface area contributed by atoms with Crippen LogP contribution in [0.2, 0.25) is 0 Å². The molecule has 2 aliphatic heterocycles. The molecule has 2 saturated heterocycles. The van der Waals surface area contributed by atoms with Crippen molar-refractivity contribution < 1.29 is 37.3 Å². The second kappa shape index (κ2) is 16.4. The molecule has 2 aliphatic rings. The van der Waals surface area contributed by atoms with Gasteiger partial charge in [-0.1, -0.05) is 97.9 Å². The van der Waals surface area contributed by atoms with Crippen molar-refractivity contribution in [3.63, 3.8) is 0 Å². The molecule has 0 bridgehead atoms. The van der Waals surface area contributed by atoms with Crippen molar-refractivity contribution >= 4 is 11.8 Å². The van der Waals surface area contributed by atoms with E-state index in [1.165, 1.54) is 5.56 Å². The fourth-order valence-corrected chi connectivity index (χ4v) is 7.07. The van der Waals surface area contributed by atoms with Crippen LogP contribution in [0, 0.1) is 5.92 Å².